The summed E-state index contributed by atoms with van der Waals surface area (Å²) in [6.07, 6.45) is 1.10. The molecule has 0 atom stereocenters. The van der Waals surface area contributed by atoms with Crippen molar-refractivity contribution < 1.29 is 9.66 Å². The highest BCUT2D eigenvalue weighted by Gasteiger charge is 2.19. The van der Waals surface area contributed by atoms with Gasteiger partial charge < -0.3 is 15.0 Å². The van der Waals surface area contributed by atoms with E-state index in [9.17, 15) is 14.9 Å². The summed E-state index contributed by atoms with van der Waals surface area (Å²) in [5.74, 6) is -0.0548. The van der Waals surface area contributed by atoms with Gasteiger partial charge in [0.05, 0.1) is 17.9 Å². The minimum absolute atomic E-state index is 0.0548. The Labute approximate surface area is 84.4 Å². The lowest BCUT2D eigenvalue weighted by atomic mass is 10.4. The number of H-pyrrole nitrogens is 1. The number of methoxy groups -OCH3 is 1. The lowest BCUT2D eigenvalue weighted by molar-refractivity contribution is -0.385. The van der Waals surface area contributed by atoms with Crippen LogP contribution in [0.1, 0.15) is 0 Å². The van der Waals surface area contributed by atoms with Gasteiger partial charge in [0.1, 0.15) is 0 Å². The fourth-order valence-corrected chi connectivity index (χ4v) is 0.963. The zero-order valence-electron chi connectivity index (χ0n) is 8.02. The molecule has 0 saturated heterocycles. The molecule has 0 aromatic carbocycles. The Hall–Kier alpha value is -1.96. The van der Waals surface area contributed by atoms with Gasteiger partial charge >= 0.3 is 11.2 Å². The van der Waals surface area contributed by atoms with Gasteiger partial charge in [-0.2, -0.15) is 0 Å². The van der Waals surface area contributed by atoms with Crippen molar-refractivity contribution in [1.82, 2.24) is 9.97 Å². The molecule has 0 radical (unpaired) electrons. The Morgan fingerprint density at radius 3 is 3.07 bits per heavy atom. The average Bonchev–Trinajstić information content (AvgIpc) is 2.17. The van der Waals surface area contributed by atoms with Crippen molar-refractivity contribution in [2.24, 2.45) is 0 Å². The smallest absolute Gasteiger partial charge is 0.375 e. The molecule has 1 heterocycles. The third-order valence-electron chi connectivity index (χ3n) is 1.61. The van der Waals surface area contributed by atoms with Crippen LogP contribution in [0.15, 0.2) is 11.1 Å². The summed E-state index contributed by atoms with van der Waals surface area (Å²) < 4.78 is 4.75. The Balaban J connectivity index is 2.91. The van der Waals surface area contributed by atoms with Gasteiger partial charge in [0.25, 0.3) is 0 Å². The molecular weight excluding hydrogens is 204 g/mol. The normalized spacial score (nSPS) is 9.93. The largest absolute Gasteiger partial charge is 0.383 e. The lowest BCUT2D eigenvalue weighted by Gasteiger charge is -2.03. The van der Waals surface area contributed by atoms with Gasteiger partial charge in [-0.3, -0.25) is 14.9 Å². The van der Waals surface area contributed by atoms with Gasteiger partial charge in [0.2, 0.25) is 5.82 Å². The maximum Gasteiger partial charge on any atom is 0.375 e. The lowest BCUT2D eigenvalue weighted by Crippen LogP contribution is -2.17. The molecule has 1 aromatic heterocycles. The highest BCUT2D eigenvalue weighted by Crippen LogP contribution is 2.13. The SMILES string of the molecule is COCCNc1nc[nH]c(=O)c1[N+](=O)[O-]. The Morgan fingerprint density at radius 1 is 1.73 bits per heavy atom. The second-order valence-electron chi connectivity index (χ2n) is 2.61. The molecule has 0 saturated carbocycles. The Bertz CT molecular complexity index is 402. The van der Waals surface area contributed by atoms with Crippen molar-refractivity contribution in [3.05, 3.63) is 26.8 Å². The molecule has 8 heteroatoms. The zero-order valence-corrected chi connectivity index (χ0v) is 8.02. The van der Waals surface area contributed by atoms with Gasteiger partial charge in [-0.05, 0) is 0 Å². The second-order valence-corrected chi connectivity index (χ2v) is 2.61. The van der Waals surface area contributed by atoms with E-state index in [1.165, 1.54) is 7.11 Å². The topological polar surface area (TPSA) is 110 Å². The van der Waals surface area contributed by atoms with Crippen molar-refractivity contribution in [3.63, 3.8) is 0 Å². The quantitative estimate of drug-likeness (QED) is 0.397. The number of ether oxygens (including phenoxy) is 1. The Morgan fingerprint density at radius 2 is 2.47 bits per heavy atom. The van der Waals surface area contributed by atoms with E-state index in [1.54, 1.807) is 0 Å². The van der Waals surface area contributed by atoms with E-state index in [0.717, 1.165) is 6.33 Å². The molecule has 0 aliphatic rings. The molecule has 2 N–H and O–H groups in total. The fourth-order valence-electron chi connectivity index (χ4n) is 0.963. The van der Waals surface area contributed by atoms with Gasteiger partial charge in [0, 0.05) is 13.7 Å². The average molecular weight is 214 g/mol. The number of hydrogen-bond donors (Lipinski definition) is 2. The predicted molar refractivity (Wildman–Crippen MR) is 51.9 cm³/mol. The van der Waals surface area contributed by atoms with Crippen molar-refractivity contribution in [3.8, 4) is 0 Å². The second kappa shape index (κ2) is 5.05. The third-order valence-corrected chi connectivity index (χ3v) is 1.61. The van der Waals surface area contributed by atoms with Crippen LogP contribution < -0.4 is 10.9 Å². The summed E-state index contributed by atoms with van der Waals surface area (Å²) in [6.45, 7) is 0.708. The summed E-state index contributed by atoms with van der Waals surface area (Å²) in [5.41, 5.74) is -1.37. The van der Waals surface area contributed by atoms with Crippen LogP contribution in [0.2, 0.25) is 0 Å². The molecule has 0 spiro atoms. The van der Waals surface area contributed by atoms with Gasteiger partial charge in [0.15, 0.2) is 0 Å². The summed E-state index contributed by atoms with van der Waals surface area (Å²) in [4.78, 5) is 26.7. The van der Waals surface area contributed by atoms with Crippen molar-refractivity contribution in [2.45, 2.75) is 0 Å². The molecule has 0 fully saturated rings. The molecule has 8 nitrogen and oxygen atoms in total. The van der Waals surface area contributed by atoms with Crippen LogP contribution in [0.3, 0.4) is 0 Å². The standard InChI is InChI=1S/C7H10N4O4/c1-15-3-2-8-6-5(11(13)14)7(12)10-4-9-6/h4H,2-3H2,1H3,(H2,8,9,10,12). The number of nitro groups is 1. The predicted octanol–water partition coefficient (Wildman–Crippen LogP) is -0.264. The first-order valence-electron chi connectivity index (χ1n) is 4.11. The van der Waals surface area contributed by atoms with Crippen LogP contribution in [0.25, 0.3) is 0 Å². The fraction of sp³-hybridized carbons (Fsp3) is 0.429. The zero-order chi connectivity index (χ0) is 11.3. The molecule has 0 amide bonds. The summed E-state index contributed by atoms with van der Waals surface area (Å²) in [7, 11) is 1.50. The number of nitrogens with zero attached hydrogens (tertiary/aromatic N) is 2. The number of aromatic amines is 1. The minimum atomic E-state index is -0.782. The summed E-state index contributed by atoms with van der Waals surface area (Å²) >= 11 is 0. The first kappa shape index (κ1) is 11.1. The molecule has 0 unspecified atom stereocenters. The van der Waals surface area contributed by atoms with Gasteiger partial charge in [-0.15, -0.1) is 0 Å². The first-order chi connectivity index (χ1) is 7.16. The van der Waals surface area contributed by atoms with Crippen LogP contribution >= 0.6 is 0 Å². The third kappa shape index (κ3) is 2.74. The van der Waals surface area contributed by atoms with Crippen LogP contribution in [0.4, 0.5) is 11.5 Å². The molecule has 0 aliphatic heterocycles. The maximum atomic E-state index is 11.1. The molecule has 1 aromatic rings. The molecule has 0 bridgehead atoms. The monoisotopic (exact) mass is 214 g/mol. The molecule has 15 heavy (non-hydrogen) atoms. The maximum absolute atomic E-state index is 11.1. The van der Waals surface area contributed by atoms with E-state index in [0.29, 0.717) is 13.2 Å². The van der Waals surface area contributed by atoms with Gasteiger partial charge in [-0.25, -0.2) is 4.98 Å². The number of anilines is 1. The molecule has 0 aliphatic carbocycles. The van der Waals surface area contributed by atoms with E-state index < -0.39 is 16.2 Å². The number of aromatic nitrogens is 2. The van der Waals surface area contributed by atoms with Crippen LogP contribution in [0, 0.1) is 10.1 Å². The van der Waals surface area contributed by atoms with E-state index >= 15 is 0 Å². The van der Waals surface area contributed by atoms with Crippen LogP contribution in [0.5, 0.6) is 0 Å². The first-order valence-corrected chi connectivity index (χ1v) is 4.11. The van der Waals surface area contributed by atoms with Crippen molar-refractivity contribution in [2.75, 3.05) is 25.6 Å². The summed E-state index contributed by atoms with van der Waals surface area (Å²) in [6, 6.07) is 0. The van der Waals surface area contributed by atoms with E-state index in [2.05, 4.69) is 15.3 Å². The molecular formula is C7H10N4O4. The highest BCUT2D eigenvalue weighted by molar-refractivity contribution is 5.53. The van der Waals surface area contributed by atoms with Crippen LogP contribution in [-0.4, -0.2) is 35.2 Å². The molecule has 1 rings (SSSR count). The highest BCUT2D eigenvalue weighted by atomic mass is 16.6. The summed E-state index contributed by atoms with van der Waals surface area (Å²) in [5, 5.41) is 13.2. The van der Waals surface area contributed by atoms with E-state index in [-0.39, 0.29) is 5.82 Å². The number of rotatable bonds is 5. The van der Waals surface area contributed by atoms with Crippen molar-refractivity contribution in [1.29, 1.82) is 0 Å². The van der Waals surface area contributed by atoms with E-state index in [4.69, 9.17) is 4.74 Å². The van der Waals surface area contributed by atoms with Gasteiger partial charge in [-0.1, -0.05) is 0 Å². The van der Waals surface area contributed by atoms with E-state index in [1.807, 2.05) is 0 Å². The number of hydrogen-bond acceptors (Lipinski definition) is 6. The van der Waals surface area contributed by atoms with Crippen LogP contribution in [-0.2, 0) is 4.74 Å². The minimum Gasteiger partial charge on any atom is -0.383 e. The molecule has 82 valence electrons. The Kier molecular flexibility index (Phi) is 3.75. The number of nitrogens with one attached hydrogen (secondary N) is 2. The van der Waals surface area contributed by atoms with Crippen molar-refractivity contribution >= 4 is 11.5 Å².